The number of benzene rings is 1. The zero-order valence-electron chi connectivity index (χ0n) is 10.8. The molecule has 0 fully saturated rings. The Morgan fingerprint density at radius 2 is 2.28 bits per heavy atom. The Balaban J connectivity index is 1.93. The van der Waals surface area contributed by atoms with Crippen LogP contribution in [-0.4, -0.2) is 18.7 Å². The van der Waals surface area contributed by atoms with E-state index >= 15 is 0 Å². The van der Waals surface area contributed by atoms with Gasteiger partial charge >= 0.3 is 5.97 Å². The van der Waals surface area contributed by atoms with Crippen LogP contribution >= 0.6 is 0 Å². The van der Waals surface area contributed by atoms with E-state index in [1.54, 1.807) is 0 Å². The number of ether oxygens (including phenoxy) is 2. The molecule has 0 aliphatic heterocycles. The van der Waals surface area contributed by atoms with E-state index in [1.165, 1.54) is 11.1 Å². The number of hydrogen-bond acceptors (Lipinski definition) is 4. The molecule has 0 radical (unpaired) electrons. The normalized spacial score (nSPS) is 17.7. The molecule has 0 bridgehead atoms. The third-order valence-corrected chi connectivity index (χ3v) is 2.96. The molecule has 1 aromatic rings. The minimum atomic E-state index is -0.345. The zero-order chi connectivity index (χ0) is 13.1. The third-order valence-electron chi connectivity index (χ3n) is 2.96. The summed E-state index contributed by atoms with van der Waals surface area (Å²) < 4.78 is 10.4. The molecule has 1 unspecified atom stereocenters. The van der Waals surface area contributed by atoms with Gasteiger partial charge in [0.2, 0.25) is 0 Å². The standard InChI is InChI=1S/C14H19NO3/c1-9(2)18-14(16)8-17-11-4-5-12-10(7-11)3-6-13(12)15/h4-5,7,9,13H,3,6,8,15H2,1-2H3. The Morgan fingerprint density at radius 3 is 3.00 bits per heavy atom. The highest BCUT2D eigenvalue weighted by molar-refractivity contribution is 5.71. The summed E-state index contributed by atoms with van der Waals surface area (Å²) in [6.07, 6.45) is 1.84. The predicted octanol–water partition coefficient (Wildman–Crippen LogP) is 1.96. The number of carbonyl (C=O) groups is 1. The van der Waals surface area contributed by atoms with Crippen molar-refractivity contribution in [3.8, 4) is 5.75 Å². The number of rotatable bonds is 4. The van der Waals surface area contributed by atoms with E-state index in [0.29, 0.717) is 5.75 Å². The van der Waals surface area contributed by atoms with Gasteiger partial charge in [-0.3, -0.25) is 0 Å². The van der Waals surface area contributed by atoms with Crippen molar-refractivity contribution in [3.63, 3.8) is 0 Å². The van der Waals surface area contributed by atoms with Crippen LogP contribution < -0.4 is 10.5 Å². The maximum atomic E-state index is 11.3. The maximum absolute atomic E-state index is 11.3. The van der Waals surface area contributed by atoms with E-state index in [-0.39, 0.29) is 24.7 Å². The number of carbonyl (C=O) groups excluding carboxylic acids is 1. The van der Waals surface area contributed by atoms with Crippen LogP contribution in [0.4, 0.5) is 0 Å². The van der Waals surface area contributed by atoms with Crippen molar-refractivity contribution in [2.75, 3.05) is 6.61 Å². The summed E-state index contributed by atoms with van der Waals surface area (Å²) in [7, 11) is 0. The molecule has 1 aliphatic rings. The average molecular weight is 249 g/mol. The maximum Gasteiger partial charge on any atom is 0.344 e. The topological polar surface area (TPSA) is 61.5 Å². The van der Waals surface area contributed by atoms with Crippen LogP contribution in [0.25, 0.3) is 0 Å². The fraction of sp³-hybridized carbons (Fsp3) is 0.500. The molecule has 1 aliphatic carbocycles. The first-order valence-corrected chi connectivity index (χ1v) is 6.27. The van der Waals surface area contributed by atoms with Gasteiger partial charge in [0, 0.05) is 6.04 Å². The average Bonchev–Trinajstić information content (AvgIpc) is 2.67. The molecule has 98 valence electrons. The minimum absolute atomic E-state index is 0.0526. The Hall–Kier alpha value is -1.55. The smallest absolute Gasteiger partial charge is 0.344 e. The van der Waals surface area contributed by atoms with Gasteiger partial charge < -0.3 is 15.2 Å². The number of esters is 1. The number of nitrogens with two attached hydrogens (primary N) is 1. The molecular weight excluding hydrogens is 230 g/mol. The first-order valence-electron chi connectivity index (χ1n) is 6.27. The predicted molar refractivity (Wildman–Crippen MR) is 68.4 cm³/mol. The van der Waals surface area contributed by atoms with E-state index < -0.39 is 0 Å². The van der Waals surface area contributed by atoms with Gasteiger partial charge in [-0.25, -0.2) is 4.79 Å². The van der Waals surface area contributed by atoms with Gasteiger partial charge in [0.1, 0.15) is 5.75 Å². The van der Waals surface area contributed by atoms with Crippen molar-refractivity contribution < 1.29 is 14.3 Å². The molecule has 0 saturated carbocycles. The highest BCUT2D eigenvalue weighted by Gasteiger charge is 2.19. The summed E-state index contributed by atoms with van der Waals surface area (Å²) in [5.41, 5.74) is 8.37. The second-order valence-electron chi connectivity index (χ2n) is 4.83. The van der Waals surface area contributed by atoms with Crippen molar-refractivity contribution in [3.05, 3.63) is 29.3 Å². The van der Waals surface area contributed by atoms with Gasteiger partial charge in [0.05, 0.1) is 6.10 Å². The van der Waals surface area contributed by atoms with Gasteiger partial charge in [-0.05, 0) is 49.9 Å². The lowest BCUT2D eigenvalue weighted by molar-refractivity contribution is -0.149. The van der Waals surface area contributed by atoms with Crippen LogP contribution in [-0.2, 0) is 16.0 Å². The van der Waals surface area contributed by atoms with Crippen molar-refractivity contribution in [2.24, 2.45) is 5.73 Å². The molecule has 4 heteroatoms. The highest BCUT2D eigenvalue weighted by atomic mass is 16.6. The molecule has 4 nitrogen and oxygen atoms in total. The summed E-state index contributed by atoms with van der Waals surface area (Å²) in [4.78, 5) is 11.3. The van der Waals surface area contributed by atoms with Crippen molar-refractivity contribution >= 4 is 5.97 Å². The number of fused-ring (bicyclic) bond motifs is 1. The first kappa shape index (κ1) is 12.9. The largest absolute Gasteiger partial charge is 0.482 e. The SMILES string of the molecule is CC(C)OC(=O)COc1ccc2c(c1)CCC2N. The van der Waals surface area contributed by atoms with Gasteiger partial charge in [-0.15, -0.1) is 0 Å². The molecule has 2 N–H and O–H groups in total. The van der Waals surface area contributed by atoms with E-state index in [0.717, 1.165) is 12.8 Å². The molecule has 2 rings (SSSR count). The lowest BCUT2D eigenvalue weighted by atomic mass is 10.1. The quantitative estimate of drug-likeness (QED) is 0.829. The molecule has 0 amide bonds. The van der Waals surface area contributed by atoms with Crippen LogP contribution in [0.2, 0.25) is 0 Å². The lowest BCUT2D eigenvalue weighted by Gasteiger charge is -2.10. The van der Waals surface area contributed by atoms with Crippen molar-refractivity contribution in [2.45, 2.75) is 38.8 Å². The highest BCUT2D eigenvalue weighted by Crippen LogP contribution is 2.31. The minimum Gasteiger partial charge on any atom is -0.482 e. The molecule has 0 spiro atoms. The zero-order valence-corrected chi connectivity index (χ0v) is 10.8. The monoisotopic (exact) mass is 249 g/mol. The molecule has 0 aromatic heterocycles. The fourth-order valence-electron chi connectivity index (χ4n) is 2.16. The number of hydrogen-bond donors (Lipinski definition) is 1. The van der Waals surface area contributed by atoms with Crippen LogP contribution in [0, 0.1) is 0 Å². The Morgan fingerprint density at radius 1 is 1.50 bits per heavy atom. The van der Waals surface area contributed by atoms with E-state index in [2.05, 4.69) is 0 Å². The van der Waals surface area contributed by atoms with Gasteiger partial charge in [0.15, 0.2) is 6.61 Å². The van der Waals surface area contributed by atoms with Crippen LogP contribution in [0.1, 0.15) is 37.4 Å². The Kier molecular flexibility index (Phi) is 3.87. The van der Waals surface area contributed by atoms with Crippen molar-refractivity contribution in [1.82, 2.24) is 0 Å². The van der Waals surface area contributed by atoms with Gasteiger partial charge in [-0.2, -0.15) is 0 Å². The van der Waals surface area contributed by atoms with Crippen molar-refractivity contribution in [1.29, 1.82) is 0 Å². The van der Waals surface area contributed by atoms with E-state index in [4.69, 9.17) is 15.2 Å². The Labute approximate surface area is 107 Å². The molecule has 0 saturated heterocycles. The summed E-state index contributed by atoms with van der Waals surface area (Å²) in [6.45, 7) is 3.58. The summed E-state index contributed by atoms with van der Waals surface area (Å²) in [5.74, 6) is 0.353. The fourth-order valence-corrected chi connectivity index (χ4v) is 2.16. The second kappa shape index (κ2) is 5.40. The molecule has 1 aromatic carbocycles. The summed E-state index contributed by atoms with van der Waals surface area (Å²) in [5, 5.41) is 0. The number of aryl methyl sites for hydroxylation is 1. The van der Waals surface area contributed by atoms with Crippen LogP contribution in [0.15, 0.2) is 18.2 Å². The van der Waals surface area contributed by atoms with E-state index in [1.807, 2.05) is 32.0 Å². The Bertz CT molecular complexity index is 443. The van der Waals surface area contributed by atoms with Crippen LogP contribution in [0.3, 0.4) is 0 Å². The van der Waals surface area contributed by atoms with E-state index in [9.17, 15) is 4.79 Å². The summed E-state index contributed by atoms with van der Waals surface area (Å²) in [6, 6.07) is 5.94. The van der Waals surface area contributed by atoms with Gasteiger partial charge in [-0.1, -0.05) is 6.07 Å². The molecular formula is C14H19NO3. The van der Waals surface area contributed by atoms with Crippen LogP contribution in [0.5, 0.6) is 5.75 Å². The summed E-state index contributed by atoms with van der Waals surface area (Å²) >= 11 is 0. The first-order chi connectivity index (χ1) is 8.56. The molecule has 0 heterocycles. The third kappa shape index (κ3) is 3.01. The second-order valence-corrected chi connectivity index (χ2v) is 4.83. The molecule has 1 atom stereocenters. The lowest BCUT2D eigenvalue weighted by Crippen LogP contribution is -2.18. The molecule has 18 heavy (non-hydrogen) atoms. The van der Waals surface area contributed by atoms with Gasteiger partial charge in [0.25, 0.3) is 0 Å².